The van der Waals surface area contributed by atoms with E-state index in [-0.39, 0.29) is 11.8 Å². The predicted molar refractivity (Wildman–Crippen MR) is 103 cm³/mol. The van der Waals surface area contributed by atoms with Crippen LogP contribution < -0.4 is 10.2 Å². The first kappa shape index (κ1) is 18.5. The van der Waals surface area contributed by atoms with E-state index in [1.54, 1.807) is 17.1 Å². The summed E-state index contributed by atoms with van der Waals surface area (Å²) < 4.78 is 0. The van der Waals surface area contributed by atoms with Crippen LogP contribution in [-0.4, -0.2) is 18.4 Å². The van der Waals surface area contributed by atoms with Crippen molar-refractivity contribution < 1.29 is 9.59 Å². The Morgan fingerprint density at radius 2 is 1.72 bits per heavy atom. The molecule has 2 amide bonds. The van der Waals surface area contributed by atoms with Gasteiger partial charge in [0.2, 0.25) is 5.91 Å². The lowest BCUT2D eigenvalue weighted by Gasteiger charge is -2.21. The molecule has 0 unspecified atom stereocenters. The van der Waals surface area contributed by atoms with Gasteiger partial charge in [-0.2, -0.15) is 0 Å². The average molecular weight is 336 g/mol. The average Bonchev–Trinajstić information content (AvgIpc) is 2.62. The zero-order valence-electron chi connectivity index (χ0n) is 14.7. The minimum atomic E-state index is -0.104. The SMILES string of the molecule is CCCCN(C(=O)/C=C/c1ccc(NC(C)=O)cc1)c1ccccc1. The van der Waals surface area contributed by atoms with E-state index in [1.165, 1.54) is 6.92 Å². The van der Waals surface area contributed by atoms with Crippen molar-refractivity contribution in [3.63, 3.8) is 0 Å². The maximum atomic E-state index is 12.6. The van der Waals surface area contributed by atoms with Gasteiger partial charge < -0.3 is 10.2 Å². The molecular formula is C21H24N2O2. The highest BCUT2D eigenvalue weighted by Gasteiger charge is 2.11. The molecule has 2 rings (SSSR count). The molecule has 0 saturated carbocycles. The van der Waals surface area contributed by atoms with E-state index in [9.17, 15) is 9.59 Å². The second kappa shape index (κ2) is 9.42. The Kier molecular flexibility index (Phi) is 6.96. The van der Waals surface area contributed by atoms with Gasteiger partial charge in [-0.1, -0.05) is 43.7 Å². The molecule has 4 nitrogen and oxygen atoms in total. The van der Waals surface area contributed by atoms with Gasteiger partial charge in [-0.15, -0.1) is 0 Å². The van der Waals surface area contributed by atoms with Crippen LogP contribution >= 0.6 is 0 Å². The van der Waals surface area contributed by atoms with Crippen molar-refractivity contribution in [3.8, 4) is 0 Å². The summed E-state index contributed by atoms with van der Waals surface area (Å²) >= 11 is 0. The van der Waals surface area contributed by atoms with Crippen LogP contribution in [0, 0.1) is 0 Å². The number of nitrogens with one attached hydrogen (secondary N) is 1. The zero-order valence-corrected chi connectivity index (χ0v) is 14.7. The third-order valence-electron chi connectivity index (χ3n) is 3.72. The maximum Gasteiger partial charge on any atom is 0.250 e. The standard InChI is InChI=1S/C21H24N2O2/c1-3-4-16-23(20-8-6-5-7-9-20)21(25)15-12-18-10-13-19(14-11-18)22-17(2)24/h5-15H,3-4,16H2,1-2H3,(H,22,24)/b15-12+. The van der Waals surface area contributed by atoms with E-state index in [1.807, 2.05) is 54.6 Å². The number of amides is 2. The summed E-state index contributed by atoms with van der Waals surface area (Å²) in [6.07, 6.45) is 5.38. The smallest absolute Gasteiger partial charge is 0.250 e. The van der Waals surface area contributed by atoms with Crippen LogP contribution in [0.5, 0.6) is 0 Å². The number of anilines is 2. The Balaban J connectivity index is 2.08. The lowest BCUT2D eigenvalue weighted by molar-refractivity contribution is -0.115. The minimum Gasteiger partial charge on any atom is -0.326 e. The lowest BCUT2D eigenvalue weighted by atomic mass is 10.2. The fourth-order valence-electron chi connectivity index (χ4n) is 2.43. The van der Waals surface area contributed by atoms with Crippen molar-refractivity contribution in [1.82, 2.24) is 0 Å². The summed E-state index contributed by atoms with van der Waals surface area (Å²) in [6, 6.07) is 17.1. The molecule has 0 heterocycles. The molecule has 0 atom stereocenters. The first-order chi connectivity index (χ1) is 12.1. The minimum absolute atomic E-state index is 0.0365. The Morgan fingerprint density at radius 1 is 1.04 bits per heavy atom. The number of carbonyl (C=O) groups excluding carboxylic acids is 2. The van der Waals surface area contributed by atoms with Gasteiger partial charge in [0.05, 0.1) is 0 Å². The van der Waals surface area contributed by atoms with Gasteiger partial charge in [0.15, 0.2) is 0 Å². The molecule has 25 heavy (non-hydrogen) atoms. The highest BCUT2D eigenvalue weighted by molar-refractivity contribution is 6.03. The molecule has 0 fully saturated rings. The summed E-state index contributed by atoms with van der Waals surface area (Å²) in [6.45, 7) is 4.28. The van der Waals surface area contributed by atoms with Crippen molar-refractivity contribution in [2.45, 2.75) is 26.7 Å². The Morgan fingerprint density at radius 3 is 2.32 bits per heavy atom. The van der Waals surface area contributed by atoms with Gasteiger partial charge in [0.25, 0.3) is 5.91 Å². The second-order valence-electron chi connectivity index (χ2n) is 5.82. The second-order valence-corrected chi connectivity index (χ2v) is 5.82. The number of unbranched alkanes of at least 4 members (excludes halogenated alkanes) is 1. The van der Waals surface area contributed by atoms with Crippen LogP contribution in [0.4, 0.5) is 11.4 Å². The summed E-state index contributed by atoms with van der Waals surface area (Å²) in [5.74, 6) is -0.140. The first-order valence-electron chi connectivity index (χ1n) is 8.52. The third kappa shape index (κ3) is 5.92. The fourth-order valence-corrected chi connectivity index (χ4v) is 2.43. The number of rotatable bonds is 7. The maximum absolute atomic E-state index is 12.6. The van der Waals surface area contributed by atoms with Crippen molar-refractivity contribution in [1.29, 1.82) is 0 Å². The van der Waals surface area contributed by atoms with Gasteiger partial charge in [-0.05, 0) is 42.3 Å². The normalized spacial score (nSPS) is 10.6. The highest BCUT2D eigenvalue weighted by atomic mass is 16.2. The monoisotopic (exact) mass is 336 g/mol. The van der Waals surface area contributed by atoms with Crippen molar-refractivity contribution in [2.24, 2.45) is 0 Å². The highest BCUT2D eigenvalue weighted by Crippen LogP contribution is 2.16. The number of para-hydroxylation sites is 1. The molecular weight excluding hydrogens is 312 g/mol. The molecule has 2 aromatic carbocycles. The number of benzene rings is 2. The lowest BCUT2D eigenvalue weighted by Crippen LogP contribution is -2.30. The van der Waals surface area contributed by atoms with E-state index in [0.717, 1.165) is 29.8 Å². The third-order valence-corrected chi connectivity index (χ3v) is 3.72. The number of nitrogens with zero attached hydrogens (tertiary/aromatic N) is 1. The number of hydrogen-bond donors (Lipinski definition) is 1. The van der Waals surface area contributed by atoms with E-state index in [4.69, 9.17) is 0 Å². The van der Waals surface area contributed by atoms with Gasteiger partial charge >= 0.3 is 0 Å². The summed E-state index contributed by atoms with van der Waals surface area (Å²) in [5.41, 5.74) is 2.56. The van der Waals surface area contributed by atoms with Gasteiger partial charge in [0, 0.05) is 30.9 Å². The predicted octanol–water partition coefficient (Wildman–Crippen LogP) is 4.49. The number of hydrogen-bond acceptors (Lipinski definition) is 2. The fraction of sp³-hybridized carbons (Fsp3) is 0.238. The Bertz CT molecular complexity index is 721. The van der Waals surface area contributed by atoms with E-state index in [0.29, 0.717) is 6.54 Å². The van der Waals surface area contributed by atoms with Crippen LogP contribution in [0.3, 0.4) is 0 Å². The van der Waals surface area contributed by atoms with Crippen molar-refractivity contribution >= 4 is 29.3 Å². The van der Waals surface area contributed by atoms with Crippen LogP contribution in [0.2, 0.25) is 0 Å². The van der Waals surface area contributed by atoms with E-state index < -0.39 is 0 Å². The molecule has 1 N–H and O–H groups in total. The van der Waals surface area contributed by atoms with Gasteiger partial charge in [-0.25, -0.2) is 0 Å². The van der Waals surface area contributed by atoms with Crippen LogP contribution in [0.15, 0.2) is 60.7 Å². The number of carbonyl (C=O) groups is 2. The van der Waals surface area contributed by atoms with Gasteiger partial charge in [0.1, 0.15) is 0 Å². The molecule has 0 saturated heterocycles. The van der Waals surface area contributed by atoms with Crippen LogP contribution in [0.1, 0.15) is 32.3 Å². The molecule has 0 aliphatic heterocycles. The molecule has 2 aromatic rings. The Hall–Kier alpha value is -2.88. The molecule has 0 spiro atoms. The summed E-state index contributed by atoms with van der Waals surface area (Å²) in [5, 5.41) is 2.72. The van der Waals surface area contributed by atoms with Gasteiger partial charge in [-0.3, -0.25) is 9.59 Å². The first-order valence-corrected chi connectivity index (χ1v) is 8.52. The molecule has 0 bridgehead atoms. The molecule has 130 valence electrons. The van der Waals surface area contributed by atoms with E-state index in [2.05, 4.69) is 12.2 Å². The largest absolute Gasteiger partial charge is 0.326 e. The zero-order chi connectivity index (χ0) is 18.1. The Labute approximate surface area is 149 Å². The molecule has 0 aliphatic rings. The summed E-state index contributed by atoms with van der Waals surface area (Å²) in [4.78, 5) is 25.4. The molecule has 4 heteroatoms. The van der Waals surface area contributed by atoms with Crippen molar-refractivity contribution in [2.75, 3.05) is 16.8 Å². The molecule has 0 aromatic heterocycles. The molecule has 0 aliphatic carbocycles. The quantitative estimate of drug-likeness (QED) is 0.757. The summed E-state index contributed by atoms with van der Waals surface area (Å²) in [7, 11) is 0. The van der Waals surface area contributed by atoms with E-state index >= 15 is 0 Å². The van der Waals surface area contributed by atoms with Crippen LogP contribution in [-0.2, 0) is 9.59 Å². The van der Waals surface area contributed by atoms with Crippen LogP contribution in [0.25, 0.3) is 6.08 Å². The molecule has 0 radical (unpaired) electrons. The topological polar surface area (TPSA) is 49.4 Å². The van der Waals surface area contributed by atoms with Crippen molar-refractivity contribution in [3.05, 3.63) is 66.2 Å².